The van der Waals surface area contributed by atoms with Gasteiger partial charge in [0.15, 0.2) is 5.58 Å². The van der Waals surface area contributed by atoms with Gasteiger partial charge in [-0.05, 0) is 49.6 Å². The molecule has 0 unspecified atom stereocenters. The van der Waals surface area contributed by atoms with Crippen molar-refractivity contribution in [3.8, 4) is 0 Å². The summed E-state index contributed by atoms with van der Waals surface area (Å²) in [6.07, 6.45) is 1.63. The molecule has 0 radical (unpaired) electrons. The van der Waals surface area contributed by atoms with Crippen LogP contribution in [0.2, 0.25) is 0 Å². The maximum Gasteiger partial charge on any atom is 0.419 e. The van der Waals surface area contributed by atoms with E-state index in [9.17, 15) is 22.8 Å². The predicted octanol–water partition coefficient (Wildman–Crippen LogP) is 2.08. The van der Waals surface area contributed by atoms with Gasteiger partial charge in [-0.1, -0.05) is 6.07 Å². The van der Waals surface area contributed by atoms with Crippen LogP contribution in [0, 0.1) is 6.92 Å². The second-order valence-electron chi connectivity index (χ2n) is 8.12. The van der Waals surface area contributed by atoms with E-state index in [4.69, 9.17) is 4.42 Å². The maximum atomic E-state index is 12.8. The van der Waals surface area contributed by atoms with Gasteiger partial charge in [-0.2, -0.15) is 4.31 Å². The third kappa shape index (κ3) is 4.48. The van der Waals surface area contributed by atoms with Crippen molar-refractivity contribution < 1.29 is 22.4 Å². The number of benzene rings is 2. The average Bonchev–Trinajstić information content (AvgIpc) is 3.46. The first-order valence-corrected chi connectivity index (χ1v) is 12.4. The Hall–Kier alpha value is -3.44. The van der Waals surface area contributed by atoms with E-state index in [2.05, 4.69) is 10.6 Å². The highest BCUT2D eigenvalue weighted by Crippen LogP contribution is 2.24. The summed E-state index contributed by atoms with van der Waals surface area (Å²) >= 11 is 0. The lowest BCUT2D eigenvalue weighted by Gasteiger charge is -2.15. The molecule has 4 rings (SSSR count). The summed E-state index contributed by atoms with van der Waals surface area (Å²) in [6, 6.07) is 9.37. The molecule has 1 fully saturated rings. The number of amides is 2. The van der Waals surface area contributed by atoms with Crippen LogP contribution in [0.4, 0.5) is 5.69 Å². The van der Waals surface area contributed by atoms with Crippen LogP contribution in [0.5, 0.6) is 0 Å². The lowest BCUT2D eigenvalue weighted by Crippen LogP contribution is -2.27. The van der Waals surface area contributed by atoms with Gasteiger partial charge in [-0.15, -0.1) is 0 Å². The van der Waals surface area contributed by atoms with Crippen molar-refractivity contribution >= 4 is 38.6 Å². The van der Waals surface area contributed by atoms with Crippen molar-refractivity contribution in [1.29, 1.82) is 0 Å². The number of oxazole rings is 1. The van der Waals surface area contributed by atoms with Gasteiger partial charge in [-0.25, -0.2) is 13.2 Å². The van der Waals surface area contributed by atoms with Crippen LogP contribution in [-0.4, -0.2) is 49.2 Å². The Labute approximate surface area is 196 Å². The number of hydrogen-bond donors (Lipinski definition) is 2. The number of sulfonamides is 1. The van der Waals surface area contributed by atoms with Crippen LogP contribution >= 0.6 is 0 Å². The number of nitrogens with zero attached hydrogens (tertiary/aromatic N) is 2. The van der Waals surface area contributed by atoms with E-state index < -0.39 is 15.8 Å². The van der Waals surface area contributed by atoms with Crippen molar-refractivity contribution in [3.63, 3.8) is 0 Å². The fraction of sp³-hybridized carbons (Fsp3) is 0.348. The molecule has 0 aliphatic carbocycles. The molecule has 11 heteroatoms. The van der Waals surface area contributed by atoms with Crippen molar-refractivity contribution in [3.05, 3.63) is 58.1 Å². The normalized spacial score (nSPS) is 14.4. The van der Waals surface area contributed by atoms with E-state index in [0.29, 0.717) is 35.4 Å². The number of carbonyl (C=O) groups excluding carboxylic acids is 2. The molecule has 0 spiro atoms. The largest absolute Gasteiger partial charge is 0.419 e. The predicted molar refractivity (Wildman–Crippen MR) is 126 cm³/mol. The molecule has 2 amide bonds. The Bertz CT molecular complexity index is 1420. The van der Waals surface area contributed by atoms with Crippen LogP contribution in [0.15, 0.2) is 50.5 Å². The van der Waals surface area contributed by atoms with Gasteiger partial charge in [-0.3, -0.25) is 14.2 Å². The summed E-state index contributed by atoms with van der Waals surface area (Å²) in [5.74, 6) is -1.26. The number of aromatic nitrogens is 1. The molecule has 1 saturated heterocycles. The molecule has 0 saturated carbocycles. The van der Waals surface area contributed by atoms with Crippen molar-refractivity contribution in [1.82, 2.24) is 14.2 Å². The number of hydrogen-bond acceptors (Lipinski definition) is 6. The topological polar surface area (TPSA) is 131 Å². The van der Waals surface area contributed by atoms with E-state index in [0.717, 1.165) is 12.8 Å². The van der Waals surface area contributed by atoms with Crippen molar-refractivity contribution in [2.75, 3.05) is 25.5 Å². The number of carbonyl (C=O) groups is 2. The molecule has 1 aliphatic rings. The molecule has 2 heterocycles. The lowest BCUT2D eigenvalue weighted by atomic mass is 10.1. The number of fused-ring (bicyclic) bond motifs is 1. The summed E-state index contributed by atoms with van der Waals surface area (Å²) in [5, 5.41) is 5.33. The van der Waals surface area contributed by atoms with E-state index >= 15 is 0 Å². The van der Waals surface area contributed by atoms with Crippen LogP contribution < -0.4 is 16.4 Å². The van der Waals surface area contributed by atoms with Crippen LogP contribution in [0.1, 0.15) is 35.2 Å². The summed E-state index contributed by atoms with van der Waals surface area (Å²) in [7, 11) is -2.11. The quantitative estimate of drug-likeness (QED) is 0.526. The minimum absolute atomic E-state index is 0.0218. The molecule has 3 aromatic rings. The molecule has 0 bridgehead atoms. The molecule has 1 aromatic heterocycles. The number of nitrogens with one attached hydrogen (secondary N) is 2. The fourth-order valence-corrected chi connectivity index (χ4v) is 5.61. The molecular weight excluding hydrogens is 460 g/mol. The summed E-state index contributed by atoms with van der Waals surface area (Å²) in [4.78, 5) is 37.0. The minimum atomic E-state index is -3.64. The zero-order chi connectivity index (χ0) is 24.5. The lowest BCUT2D eigenvalue weighted by molar-refractivity contribution is -0.116. The molecule has 2 aromatic carbocycles. The molecule has 34 heavy (non-hydrogen) atoms. The van der Waals surface area contributed by atoms with Gasteiger partial charge in [0.25, 0.3) is 5.91 Å². The standard InChI is InChI=1S/C23H26N4O6S/c1-15-17(22(29)24-2)6-5-7-18(15)25-21(28)10-13-27-19-9-8-16(14-20(19)33-23(27)30)34(31,32)26-11-3-4-12-26/h5-9,14H,3-4,10-13H2,1-2H3,(H,24,29)(H,25,28). The first-order valence-electron chi connectivity index (χ1n) is 11.0. The molecule has 2 N–H and O–H groups in total. The monoisotopic (exact) mass is 486 g/mol. The Morgan fingerprint density at radius 3 is 2.56 bits per heavy atom. The molecule has 180 valence electrons. The zero-order valence-electron chi connectivity index (χ0n) is 19.0. The van der Waals surface area contributed by atoms with Crippen LogP contribution in [0.3, 0.4) is 0 Å². The fourth-order valence-electron chi connectivity index (χ4n) is 4.07. The zero-order valence-corrected chi connectivity index (χ0v) is 19.8. The van der Waals surface area contributed by atoms with E-state index in [1.807, 2.05) is 0 Å². The summed E-state index contributed by atoms with van der Waals surface area (Å²) < 4.78 is 33.6. The second kappa shape index (κ2) is 9.43. The highest BCUT2D eigenvalue weighted by Gasteiger charge is 2.28. The number of anilines is 1. The average molecular weight is 487 g/mol. The minimum Gasteiger partial charge on any atom is -0.408 e. The second-order valence-corrected chi connectivity index (χ2v) is 10.1. The smallest absolute Gasteiger partial charge is 0.408 e. The third-order valence-electron chi connectivity index (χ3n) is 5.98. The maximum absolute atomic E-state index is 12.8. The summed E-state index contributed by atoms with van der Waals surface area (Å²) in [6.45, 7) is 2.74. The summed E-state index contributed by atoms with van der Waals surface area (Å²) in [5.41, 5.74) is 2.16. The van der Waals surface area contributed by atoms with Gasteiger partial charge in [0.1, 0.15) is 0 Å². The van der Waals surface area contributed by atoms with Crippen LogP contribution in [-0.2, 0) is 21.4 Å². The van der Waals surface area contributed by atoms with Gasteiger partial charge >= 0.3 is 5.76 Å². The van der Waals surface area contributed by atoms with E-state index in [1.54, 1.807) is 25.1 Å². The van der Waals surface area contributed by atoms with Gasteiger partial charge in [0, 0.05) is 50.4 Å². The number of rotatable bonds is 7. The highest BCUT2D eigenvalue weighted by molar-refractivity contribution is 7.89. The molecule has 10 nitrogen and oxygen atoms in total. The first kappa shape index (κ1) is 23.7. The van der Waals surface area contributed by atoms with Crippen molar-refractivity contribution in [2.24, 2.45) is 0 Å². The Morgan fingerprint density at radius 2 is 1.85 bits per heavy atom. The van der Waals surface area contributed by atoms with Gasteiger partial charge in [0.2, 0.25) is 15.9 Å². The van der Waals surface area contributed by atoms with Gasteiger partial charge in [0.05, 0.1) is 10.4 Å². The molecule has 0 atom stereocenters. The molecular formula is C23H26N4O6S. The third-order valence-corrected chi connectivity index (χ3v) is 7.88. The SMILES string of the molecule is CNC(=O)c1cccc(NC(=O)CCn2c(=O)oc3cc(S(=O)(=O)N4CCCC4)ccc32)c1C. The Balaban J connectivity index is 1.50. The Kier molecular flexibility index (Phi) is 6.58. The van der Waals surface area contributed by atoms with Gasteiger partial charge < -0.3 is 15.1 Å². The molecule has 1 aliphatic heterocycles. The van der Waals surface area contributed by atoms with E-state index in [-0.39, 0.29) is 35.3 Å². The first-order chi connectivity index (χ1) is 16.2. The Morgan fingerprint density at radius 1 is 1.12 bits per heavy atom. The number of aryl methyl sites for hydroxylation is 1. The van der Waals surface area contributed by atoms with Crippen molar-refractivity contribution in [2.45, 2.75) is 37.6 Å². The highest BCUT2D eigenvalue weighted by atomic mass is 32.2. The van der Waals surface area contributed by atoms with Crippen LogP contribution in [0.25, 0.3) is 11.1 Å². The van der Waals surface area contributed by atoms with E-state index in [1.165, 1.54) is 34.1 Å².